The van der Waals surface area contributed by atoms with Crippen LogP contribution in [0.15, 0.2) is 0 Å². The summed E-state index contributed by atoms with van der Waals surface area (Å²) >= 11 is 0. The van der Waals surface area contributed by atoms with E-state index in [-0.39, 0.29) is 0 Å². The van der Waals surface area contributed by atoms with Crippen LogP contribution in [0.2, 0.25) is 13.1 Å². The molecule has 0 atom stereocenters. The minimum atomic E-state index is -2.53. The SMILES string of the molecule is [B][B]B(O[Si](C)(C)OB([B])B([B])[B])B([B])[B]. The minimum Gasteiger partial charge on any atom is -0.475 e. The largest absolute Gasteiger partial charge is 0.475 e. The summed E-state index contributed by atoms with van der Waals surface area (Å²) in [5.74, 6) is 0. The van der Waals surface area contributed by atoms with E-state index in [1.165, 1.54) is 7.06 Å². The van der Waals surface area contributed by atoms with Gasteiger partial charge in [0.15, 0.2) is 13.4 Å². The van der Waals surface area contributed by atoms with Gasteiger partial charge in [-0.3, -0.25) is 0 Å². The number of hydrogen-bond donors (Lipinski definition) is 0. The Kier molecular flexibility index (Phi) is 7.71. The predicted molar refractivity (Wildman–Crippen MR) is 82.9 cm³/mol. The van der Waals surface area contributed by atoms with Crippen LogP contribution in [0.25, 0.3) is 0 Å². The molecule has 63 valence electrons. The molecule has 0 aliphatic rings. The van der Waals surface area contributed by atoms with Gasteiger partial charge in [0.1, 0.15) is 0 Å². The van der Waals surface area contributed by atoms with Crippen molar-refractivity contribution in [1.82, 2.24) is 0 Å². The molecule has 16 heavy (non-hydrogen) atoms. The van der Waals surface area contributed by atoms with Gasteiger partial charge in [0, 0.05) is 58.5 Å². The lowest BCUT2D eigenvalue weighted by molar-refractivity contribution is 0.433. The summed E-state index contributed by atoms with van der Waals surface area (Å²) in [6.45, 7) is 2.15. The van der Waals surface area contributed by atoms with Crippen molar-refractivity contribution < 1.29 is 8.69 Å². The highest BCUT2D eigenvalue weighted by Crippen LogP contribution is 2.09. The molecule has 0 saturated carbocycles. The van der Waals surface area contributed by atoms with Crippen molar-refractivity contribution in [3.63, 3.8) is 0 Å². The van der Waals surface area contributed by atoms with Crippen LogP contribution in [-0.2, 0) is 8.69 Å². The minimum absolute atomic E-state index is 0.595. The second-order valence-corrected chi connectivity index (χ2v) is 7.18. The molecular weight excluding hydrogens is 203 g/mol. The zero-order chi connectivity index (χ0) is 12.9. The van der Waals surface area contributed by atoms with Crippen LogP contribution < -0.4 is 0 Å². The molecule has 0 unspecified atom stereocenters. The topological polar surface area (TPSA) is 18.5 Å². The second kappa shape index (κ2) is 7.32. The van der Waals surface area contributed by atoms with Crippen molar-refractivity contribution >= 4 is 88.2 Å². The average molecular weight is 209 g/mol. The van der Waals surface area contributed by atoms with Crippen LogP contribution in [0.3, 0.4) is 0 Å². The summed E-state index contributed by atoms with van der Waals surface area (Å²) in [6, 6.07) is 0. The quantitative estimate of drug-likeness (QED) is 0.404. The molecule has 0 aliphatic carbocycles. The van der Waals surface area contributed by atoms with Crippen molar-refractivity contribution in [2.75, 3.05) is 0 Å². The lowest BCUT2D eigenvalue weighted by Gasteiger charge is -2.33. The Bertz CT molecular complexity index is 198. The third-order valence-corrected chi connectivity index (χ3v) is 3.47. The first-order valence-corrected chi connectivity index (χ1v) is 7.70. The fraction of sp³-hybridized carbons (Fsp3) is 1.00. The molecule has 0 aromatic carbocycles. The van der Waals surface area contributed by atoms with Crippen molar-refractivity contribution in [1.29, 1.82) is 0 Å². The molecular formula is C2H6B11O2Si. The van der Waals surface area contributed by atoms with E-state index in [2.05, 4.69) is 0 Å². The Hall–Kier alpha value is 0.851. The smallest absolute Gasteiger partial charge is 0.300 e. The molecule has 0 saturated heterocycles. The van der Waals surface area contributed by atoms with E-state index >= 15 is 0 Å². The normalized spacial score (nSPS) is 10.6. The fourth-order valence-corrected chi connectivity index (χ4v) is 2.77. The van der Waals surface area contributed by atoms with Gasteiger partial charge in [-0.25, -0.2) is 0 Å². The molecule has 0 aromatic heterocycles. The molecule has 0 aromatic rings. The highest BCUT2D eigenvalue weighted by atomic mass is 28.4. The molecule has 13 radical (unpaired) electrons. The van der Waals surface area contributed by atoms with Gasteiger partial charge in [0.05, 0.1) is 7.74 Å². The first-order chi connectivity index (χ1) is 7.19. The zero-order valence-corrected chi connectivity index (χ0v) is 10.7. The molecule has 14 heteroatoms. The Morgan fingerprint density at radius 1 is 0.938 bits per heavy atom. The molecule has 0 heterocycles. The number of rotatable bonds is 7. The van der Waals surface area contributed by atoms with E-state index in [1.807, 2.05) is 0 Å². The monoisotopic (exact) mass is 211 g/mol. The summed E-state index contributed by atoms with van der Waals surface area (Å²) in [5.41, 5.74) is 0. The summed E-state index contributed by atoms with van der Waals surface area (Å²) in [5, 5.41) is 0. The lowest BCUT2D eigenvalue weighted by atomic mass is 8.87. The zero-order valence-electron chi connectivity index (χ0n) is 9.67. The van der Waals surface area contributed by atoms with Gasteiger partial charge < -0.3 is 8.69 Å². The summed E-state index contributed by atoms with van der Waals surface area (Å²) < 4.78 is 11.0. The highest BCUT2D eigenvalue weighted by molar-refractivity contribution is 7.71. The predicted octanol–water partition coefficient (Wildman–Crippen LogP) is -3.54. The summed E-state index contributed by atoms with van der Waals surface area (Å²) in [6.07, 6.45) is -1.50. The Balaban J connectivity index is 4.32. The highest BCUT2D eigenvalue weighted by Gasteiger charge is 2.33. The van der Waals surface area contributed by atoms with Crippen LogP contribution in [-0.4, -0.2) is 88.2 Å². The standard InChI is InChI=1S/C2H6B11O2Si/c1-16(2,14-12(8)10(4)5)15-13(9-3)11(6)7/h1-2H3. The maximum absolute atomic E-state index is 5.57. The van der Waals surface area contributed by atoms with E-state index in [0.717, 1.165) is 0 Å². The Labute approximate surface area is 110 Å². The lowest BCUT2D eigenvalue weighted by Crippen LogP contribution is -2.57. The van der Waals surface area contributed by atoms with Gasteiger partial charge in [0.25, 0.3) is 8.56 Å². The van der Waals surface area contributed by atoms with Crippen molar-refractivity contribution in [2.45, 2.75) is 13.1 Å². The molecule has 0 amide bonds. The van der Waals surface area contributed by atoms with Crippen molar-refractivity contribution in [3.8, 4) is 0 Å². The number of hydrogen-bond acceptors (Lipinski definition) is 2. The molecule has 0 spiro atoms. The van der Waals surface area contributed by atoms with Gasteiger partial charge in [-0.2, -0.15) is 0 Å². The van der Waals surface area contributed by atoms with E-state index in [0.29, 0.717) is 0 Å². The third kappa shape index (κ3) is 6.55. The van der Waals surface area contributed by atoms with Crippen LogP contribution in [0.5, 0.6) is 0 Å². The molecule has 0 aliphatic heterocycles. The maximum Gasteiger partial charge on any atom is 0.300 e. The van der Waals surface area contributed by atoms with Crippen molar-refractivity contribution in [3.05, 3.63) is 0 Å². The Morgan fingerprint density at radius 3 is 1.75 bits per heavy atom. The van der Waals surface area contributed by atoms with Gasteiger partial charge in [-0.1, -0.05) is 0 Å². The summed E-state index contributed by atoms with van der Waals surface area (Å²) in [7, 11) is 31.4. The van der Waals surface area contributed by atoms with E-state index in [4.69, 9.17) is 55.1 Å². The van der Waals surface area contributed by atoms with Gasteiger partial charge in [0.2, 0.25) is 0 Å². The molecule has 0 N–H and O–H groups in total. The Morgan fingerprint density at radius 2 is 1.44 bits per heavy atom. The van der Waals surface area contributed by atoms with Crippen LogP contribution in [0, 0.1) is 0 Å². The van der Waals surface area contributed by atoms with E-state index in [1.54, 1.807) is 13.1 Å². The van der Waals surface area contributed by atoms with Gasteiger partial charge >= 0.3 is 0 Å². The molecule has 0 bridgehead atoms. The van der Waals surface area contributed by atoms with Crippen molar-refractivity contribution in [2.24, 2.45) is 0 Å². The molecule has 2 nitrogen and oxygen atoms in total. The van der Waals surface area contributed by atoms with Crippen LogP contribution in [0.1, 0.15) is 0 Å². The van der Waals surface area contributed by atoms with Crippen LogP contribution in [0.4, 0.5) is 0 Å². The fourth-order valence-electron chi connectivity index (χ4n) is 1.01. The van der Waals surface area contributed by atoms with E-state index in [9.17, 15) is 0 Å². The first kappa shape index (κ1) is 16.9. The molecule has 0 fully saturated rings. The van der Waals surface area contributed by atoms with Gasteiger partial charge in [-0.15, -0.1) is 0 Å². The second-order valence-electron chi connectivity index (χ2n) is 3.91. The maximum atomic E-state index is 5.57. The van der Waals surface area contributed by atoms with Gasteiger partial charge in [-0.05, 0) is 13.1 Å². The third-order valence-electron chi connectivity index (χ3n) is 1.79. The average Bonchev–Trinajstić information content (AvgIpc) is 2.12. The first-order valence-electron chi connectivity index (χ1n) is 4.88. The van der Waals surface area contributed by atoms with E-state index < -0.39 is 34.7 Å². The summed E-state index contributed by atoms with van der Waals surface area (Å²) in [4.78, 5) is 0. The van der Waals surface area contributed by atoms with Crippen LogP contribution >= 0.6 is 0 Å². The molecule has 0 rings (SSSR count).